The summed E-state index contributed by atoms with van der Waals surface area (Å²) in [6.45, 7) is 1.88. The monoisotopic (exact) mass is 286 g/mol. The lowest BCUT2D eigenvalue weighted by molar-refractivity contribution is 0.302. The number of ether oxygens (including phenoxy) is 1. The van der Waals surface area contributed by atoms with E-state index in [9.17, 15) is 4.39 Å². The number of nitrogens with one attached hydrogen (secondary N) is 1. The van der Waals surface area contributed by atoms with E-state index in [-0.39, 0.29) is 11.9 Å². The highest BCUT2D eigenvalue weighted by molar-refractivity contribution is 5.40. The molecule has 3 nitrogen and oxygen atoms in total. The fraction of sp³-hybridized carbons (Fsp3) is 0.294. The van der Waals surface area contributed by atoms with Gasteiger partial charge in [0.25, 0.3) is 0 Å². The van der Waals surface area contributed by atoms with Crippen molar-refractivity contribution in [1.82, 2.24) is 5.43 Å². The number of hydrogen-bond acceptors (Lipinski definition) is 3. The van der Waals surface area contributed by atoms with Crippen molar-refractivity contribution in [1.29, 1.82) is 0 Å². The van der Waals surface area contributed by atoms with E-state index in [0.717, 1.165) is 35.3 Å². The van der Waals surface area contributed by atoms with Crippen LogP contribution in [0.15, 0.2) is 42.5 Å². The summed E-state index contributed by atoms with van der Waals surface area (Å²) in [4.78, 5) is 0. The normalized spacial score (nSPS) is 15.8. The zero-order chi connectivity index (χ0) is 14.8. The Balaban J connectivity index is 1.91. The van der Waals surface area contributed by atoms with Crippen LogP contribution in [0.25, 0.3) is 0 Å². The van der Waals surface area contributed by atoms with Gasteiger partial charge in [-0.3, -0.25) is 5.84 Å². The van der Waals surface area contributed by atoms with Crippen molar-refractivity contribution < 1.29 is 9.13 Å². The van der Waals surface area contributed by atoms with E-state index in [1.54, 1.807) is 6.07 Å². The SMILES string of the molecule is Cc1cc(F)ccc1C(NN)c1cccc(OC2CC2)c1. The minimum Gasteiger partial charge on any atom is -0.490 e. The van der Waals surface area contributed by atoms with Crippen molar-refractivity contribution in [3.8, 4) is 5.75 Å². The van der Waals surface area contributed by atoms with Gasteiger partial charge in [-0.1, -0.05) is 18.2 Å². The van der Waals surface area contributed by atoms with Gasteiger partial charge in [0, 0.05) is 0 Å². The largest absolute Gasteiger partial charge is 0.490 e. The highest BCUT2D eigenvalue weighted by Gasteiger charge is 2.24. The quantitative estimate of drug-likeness (QED) is 0.655. The van der Waals surface area contributed by atoms with Gasteiger partial charge in [-0.15, -0.1) is 0 Å². The first-order valence-electron chi connectivity index (χ1n) is 7.16. The molecule has 0 amide bonds. The standard InChI is InChI=1S/C17H19FN2O/c1-11-9-13(18)5-8-16(11)17(20-19)12-3-2-4-15(10-12)21-14-6-7-14/h2-5,8-10,14,17,20H,6-7,19H2,1H3. The molecule has 0 spiro atoms. The van der Waals surface area contributed by atoms with Crippen LogP contribution in [-0.2, 0) is 0 Å². The number of aryl methyl sites for hydroxylation is 1. The van der Waals surface area contributed by atoms with Gasteiger partial charge >= 0.3 is 0 Å². The lowest BCUT2D eigenvalue weighted by Gasteiger charge is -2.20. The summed E-state index contributed by atoms with van der Waals surface area (Å²) in [7, 11) is 0. The first-order chi connectivity index (χ1) is 10.2. The molecule has 4 heteroatoms. The molecular weight excluding hydrogens is 267 g/mol. The zero-order valence-corrected chi connectivity index (χ0v) is 12.0. The maximum absolute atomic E-state index is 13.3. The highest BCUT2D eigenvalue weighted by Crippen LogP contribution is 2.30. The van der Waals surface area contributed by atoms with Crippen molar-refractivity contribution >= 4 is 0 Å². The average Bonchev–Trinajstić information content (AvgIpc) is 3.26. The van der Waals surface area contributed by atoms with Crippen molar-refractivity contribution in [2.24, 2.45) is 5.84 Å². The van der Waals surface area contributed by atoms with Crippen molar-refractivity contribution in [2.45, 2.75) is 31.9 Å². The van der Waals surface area contributed by atoms with E-state index in [4.69, 9.17) is 10.6 Å². The van der Waals surface area contributed by atoms with E-state index in [2.05, 4.69) is 5.43 Å². The Morgan fingerprint density at radius 2 is 2.05 bits per heavy atom. The van der Waals surface area contributed by atoms with Gasteiger partial charge in [-0.25, -0.2) is 9.82 Å². The molecule has 1 aliphatic carbocycles. The van der Waals surface area contributed by atoms with E-state index < -0.39 is 0 Å². The fourth-order valence-corrected chi connectivity index (χ4v) is 2.47. The Bertz CT molecular complexity index is 640. The van der Waals surface area contributed by atoms with Crippen LogP contribution in [0.4, 0.5) is 4.39 Å². The number of benzene rings is 2. The Hall–Kier alpha value is -1.91. The summed E-state index contributed by atoms with van der Waals surface area (Å²) in [6.07, 6.45) is 2.61. The van der Waals surface area contributed by atoms with Gasteiger partial charge in [-0.05, 0) is 60.7 Å². The first kappa shape index (κ1) is 14.0. The maximum atomic E-state index is 13.3. The summed E-state index contributed by atoms with van der Waals surface area (Å²) in [5.74, 6) is 6.34. The number of nitrogens with two attached hydrogens (primary N) is 1. The van der Waals surface area contributed by atoms with Gasteiger partial charge in [0.15, 0.2) is 0 Å². The molecule has 110 valence electrons. The molecule has 0 aliphatic heterocycles. The molecule has 1 aliphatic rings. The third kappa shape index (κ3) is 3.23. The second kappa shape index (κ2) is 5.84. The lowest BCUT2D eigenvalue weighted by atomic mass is 9.95. The molecule has 3 rings (SSSR count). The Kier molecular flexibility index (Phi) is 3.90. The van der Waals surface area contributed by atoms with Gasteiger partial charge in [-0.2, -0.15) is 0 Å². The molecular formula is C17H19FN2O. The second-order valence-electron chi connectivity index (χ2n) is 5.49. The molecule has 1 unspecified atom stereocenters. The van der Waals surface area contributed by atoms with Crippen LogP contribution >= 0.6 is 0 Å². The van der Waals surface area contributed by atoms with Crippen LogP contribution in [0, 0.1) is 12.7 Å². The lowest BCUT2D eigenvalue weighted by Crippen LogP contribution is -2.29. The van der Waals surface area contributed by atoms with Crippen molar-refractivity contribution in [3.63, 3.8) is 0 Å². The van der Waals surface area contributed by atoms with Crippen LogP contribution in [0.5, 0.6) is 5.75 Å². The molecule has 1 fully saturated rings. The average molecular weight is 286 g/mol. The fourth-order valence-electron chi connectivity index (χ4n) is 2.47. The van der Waals surface area contributed by atoms with Crippen molar-refractivity contribution in [2.75, 3.05) is 0 Å². The number of hydrogen-bond donors (Lipinski definition) is 2. The molecule has 0 heterocycles. The molecule has 21 heavy (non-hydrogen) atoms. The van der Waals surface area contributed by atoms with Crippen LogP contribution < -0.4 is 16.0 Å². The Morgan fingerprint density at radius 3 is 2.71 bits per heavy atom. The summed E-state index contributed by atoms with van der Waals surface area (Å²) >= 11 is 0. The molecule has 0 bridgehead atoms. The van der Waals surface area contributed by atoms with Crippen LogP contribution in [0.2, 0.25) is 0 Å². The molecule has 0 saturated heterocycles. The Morgan fingerprint density at radius 1 is 1.24 bits per heavy atom. The van der Waals surface area contributed by atoms with Crippen LogP contribution in [-0.4, -0.2) is 6.10 Å². The summed E-state index contributed by atoms with van der Waals surface area (Å²) < 4.78 is 19.1. The van der Waals surface area contributed by atoms with Gasteiger partial charge in [0.05, 0.1) is 12.1 Å². The van der Waals surface area contributed by atoms with E-state index in [1.807, 2.05) is 31.2 Å². The van der Waals surface area contributed by atoms with Crippen molar-refractivity contribution in [3.05, 3.63) is 65.0 Å². The van der Waals surface area contributed by atoms with Gasteiger partial charge in [0.2, 0.25) is 0 Å². The smallest absolute Gasteiger partial charge is 0.123 e. The van der Waals surface area contributed by atoms with Crippen LogP contribution in [0.1, 0.15) is 35.6 Å². The summed E-state index contributed by atoms with van der Waals surface area (Å²) in [5.41, 5.74) is 5.65. The van der Waals surface area contributed by atoms with Crippen LogP contribution in [0.3, 0.4) is 0 Å². The summed E-state index contributed by atoms with van der Waals surface area (Å²) in [6, 6.07) is 12.4. The molecule has 1 atom stereocenters. The summed E-state index contributed by atoms with van der Waals surface area (Å²) in [5, 5.41) is 0. The minimum absolute atomic E-state index is 0.187. The molecule has 2 aromatic rings. The molecule has 2 aromatic carbocycles. The predicted molar refractivity (Wildman–Crippen MR) is 80.4 cm³/mol. The maximum Gasteiger partial charge on any atom is 0.123 e. The molecule has 3 N–H and O–H groups in total. The van der Waals surface area contributed by atoms with Gasteiger partial charge in [0.1, 0.15) is 11.6 Å². The number of halogens is 1. The van der Waals surface area contributed by atoms with E-state index in [0.29, 0.717) is 6.10 Å². The first-order valence-corrected chi connectivity index (χ1v) is 7.16. The third-order valence-corrected chi connectivity index (χ3v) is 3.73. The minimum atomic E-state index is -0.238. The molecule has 1 saturated carbocycles. The topological polar surface area (TPSA) is 47.3 Å². The molecule has 0 radical (unpaired) electrons. The third-order valence-electron chi connectivity index (χ3n) is 3.73. The van der Waals surface area contributed by atoms with Gasteiger partial charge < -0.3 is 4.74 Å². The Labute approximate surface area is 123 Å². The van der Waals surface area contributed by atoms with E-state index >= 15 is 0 Å². The number of rotatable bonds is 5. The number of hydrazine groups is 1. The van der Waals surface area contributed by atoms with E-state index in [1.165, 1.54) is 12.1 Å². The highest BCUT2D eigenvalue weighted by atomic mass is 19.1. The second-order valence-corrected chi connectivity index (χ2v) is 5.49. The zero-order valence-electron chi connectivity index (χ0n) is 12.0. The predicted octanol–water partition coefficient (Wildman–Crippen LogP) is 3.23. The molecule has 0 aromatic heterocycles.